The number of hydrogen-bond donors (Lipinski definition) is 0. The molecule has 4 heterocycles. The van der Waals surface area contributed by atoms with Crippen LogP contribution in [-0.4, -0.2) is 81.4 Å². The van der Waals surface area contributed by atoms with Gasteiger partial charge in [0.1, 0.15) is 0 Å². The van der Waals surface area contributed by atoms with Crippen molar-refractivity contribution in [3.63, 3.8) is 0 Å². The first-order valence-electron chi connectivity index (χ1n) is 22.5. The Labute approximate surface area is 412 Å². The molecule has 4 aliphatic heterocycles. The molecule has 4 saturated heterocycles. The SMILES string of the molecule is c1ccc([SiH2]O[Si]2(c3ccccc3)O[Si]3(c4ccccc4)O[Si]4(c5ccccc5)O[SiH2]O[Si]5(c6ccccc6)O[Si](c6ccccc6)(O4)O[Si](c4ccccc4)(O3)O[Si](c3ccccc3)(O5)O2)cc1. The highest BCUT2D eigenvalue weighted by atomic mass is 28.6. The fraction of sp³-hybridized carbons (Fsp3) is 0. The molecule has 8 aromatic carbocycles. The quantitative estimate of drug-likeness (QED) is 0.186. The first-order valence-corrected chi connectivity index (χ1v) is 37.1. The summed E-state index contributed by atoms with van der Waals surface area (Å²) in [5, 5.41) is 5.25. The molecule has 6 bridgehead atoms. The summed E-state index contributed by atoms with van der Waals surface area (Å²) in [7, 11) is -36.3. The molecule has 0 aromatic heterocycles. The van der Waals surface area contributed by atoms with Gasteiger partial charge in [0, 0.05) is 36.3 Å². The van der Waals surface area contributed by atoms with Gasteiger partial charge in [0.25, 0.3) is 10.0 Å². The van der Waals surface area contributed by atoms with E-state index in [-0.39, 0.29) is 0 Å². The van der Waals surface area contributed by atoms with Crippen molar-refractivity contribution in [3.05, 3.63) is 243 Å². The van der Waals surface area contributed by atoms with Crippen LogP contribution >= 0.6 is 0 Å². The van der Waals surface area contributed by atoms with E-state index < -0.39 is 81.4 Å². The van der Waals surface area contributed by atoms with Crippen molar-refractivity contribution in [1.82, 2.24) is 0 Å². The summed E-state index contributed by atoms with van der Waals surface area (Å²) in [5.41, 5.74) is 0. The van der Waals surface area contributed by atoms with Crippen LogP contribution in [0.25, 0.3) is 0 Å². The molecule has 0 N–H and O–H groups in total. The van der Waals surface area contributed by atoms with Gasteiger partial charge in [-0.05, 0) is 5.19 Å². The summed E-state index contributed by atoms with van der Waals surface area (Å²) >= 11 is 0. The Balaban J connectivity index is 1.26. The smallest absolute Gasteiger partial charge is 0.414 e. The van der Waals surface area contributed by atoms with Crippen molar-refractivity contribution in [2.75, 3.05) is 0 Å². The van der Waals surface area contributed by atoms with Crippen LogP contribution in [0.1, 0.15) is 0 Å². The molecule has 4 fully saturated rings. The van der Waals surface area contributed by atoms with Gasteiger partial charge in [0.15, 0.2) is 9.76 Å². The minimum absolute atomic E-state index is 0.578. The van der Waals surface area contributed by atoms with Crippen LogP contribution in [0.5, 0.6) is 0 Å². The second kappa shape index (κ2) is 18.4. The summed E-state index contributed by atoms with van der Waals surface area (Å²) in [4.78, 5) is 0. The van der Waals surface area contributed by atoms with Gasteiger partial charge in [-0.15, -0.1) is 0 Å². The van der Waals surface area contributed by atoms with E-state index >= 15 is 0 Å². The molecule has 4 aliphatic rings. The zero-order valence-corrected chi connectivity index (χ0v) is 46.7. The Morgan fingerprint density at radius 1 is 0.261 bits per heavy atom. The van der Waals surface area contributed by atoms with Gasteiger partial charge in [-0.2, -0.15) is 0 Å². The zero-order chi connectivity index (χ0) is 46.3. The fourth-order valence-electron chi connectivity index (χ4n) is 8.83. The van der Waals surface area contributed by atoms with Crippen LogP contribution in [0.2, 0.25) is 0 Å². The lowest BCUT2D eigenvalue weighted by Crippen LogP contribution is -2.92. The van der Waals surface area contributed by atoms with Gasteiger partial charge >= 0.3 is 61.6 Å². The Bertz CT molecular complexity index is 2900. The van der Waals surface area contributed by atoms with Gasteiger partial charge in [0.2, 0.25) is 0 Å². The molecule has 69 heavy (non-hydrogen) atoms. The normalized spacial score (nSPS) is 31.2. The lowest BCUT2D eigenvalue weighted by molar-refractivity contribution is 0.0310. The lowest BCUT2D eigenvalue weighted by Gasteiger charge is -2.58. The fourth-order valence-corrected chi connectivity index (χ4v) is 52.9. The van der Waals surface area contributed by atoms with Crippen LogP contribution in [0.3, 0.4) is 0 Å². The van der Waals surface area contributed by atoms with Gasteiger partial charge < -0.3 is 49.4 Å². The second-order valence-corrected chi connectivity index (χ2v) is 40.5. The van der Waals surface area contributed by atoms with Crippen molar-refractivity contribution < 1.29 is 49.4 Å². The number of hydrogen-bond acceptors (Lipinski definition) is 12. The van der Waals surface area contributed by atoms with Gasteiger partial charge in [-0.1, -0.05) is 243 Å². The molecule has 344 valence electrons. The van der Waals surface area contributed by atoms with E-state index in [4.69, 9.17) is 49.4 Å². The summed E-state index contributed by atoms with van der Waals surface area (Å²) < 4.78 is 95.2. The van der Waals surface area contributed by atoms with E-state index in [0.717, 1.165) is 5.19 Å². The standard InChI is InChI=1S/C48H44O12Si9/c1-9-25-41(26-10-1)61-49-63(42-27-11-2-12-28-42)52-66(45-33-17-5-18-34-45)54-64(43-29-13-3-14-30-43)50-62-51-65(44-31-15-4-16-32-44)55-67(53-63,46-35-19-6-20-36-46)59-69(58-66,48-39-23-8-24-40-48)60-68(56-64,57-65)47-37-21-7-22-38-47/h1-40H,61-62H2. The molecular weight excluding hydrogens is 1020 g/mol. The van der Waals surface area contributed by atoms with Crippen molar-refractivity contribution in [2.45, 2.75) is 0 Å². The average Bonchev–Trinajstić information content (AvgIpc) is 3.40. The Hall–Kier alpha value is -4.77. The topological polar surface area (TPSA) is 111 Å². The van der Waals surface area contributed by atoms with Gasteiger partial charge in [0.05, 0.1) is 0 Å². The number of benzene rings is 8. The molecule has 0 saturated carbocycles. The summed E-state index contributed by atoms with van der Waals surface area (Å²) in [6, 6.07) is 77.9. The van der Waals surface area contributed by atoms with E-state index in [0.29, 0.717) is 36.3 Å². The lowest BCUT2D eigenvalue weighted by atomic mass is 10.4. The summed E-state index contributed by atoms with van der Waals surface area (Å²) in [5.74, 6) is 0. The first kappa shape index (κ1) is 45.4. The van der Waals surface area contributed by atoms with E-state index in [1.807, 2.05) is 231 Å². The highest BCUT2D eigenvalue weighted by Gasteiger charge is 2.81. The van der Waals surface area contributed by atoms with Crippen LogP contribution in [0, 0.1) is 0 Å². The third-order valence-electron chi connectivity index (χ3n) is 12.1. The molecule has 21 heteroatoms. The minimum atomic E-state index is -4.75. The largest absolute Gasteiger partial charge is 0.515 e. The molecule has 0 radical (unpaired) electrons. The van der Waals surface area contributed by atoms with Crippen LogP contribution in [0.4, 0.5) is 0 Å². The summed E-state index contributed by atoms with van der Waals surface area (Å²) in [6.07, 6.45) is 0. The van der Waals surface area contributed by atoms with Crippen LogP contribution < -0.4 is 41.5 Å². The minimum Gasteiger partial charge on any atom is -0.414 e. The maximum Gasteiger partial charge on any atom is 0.515 e. The Morgan fingerprint density at radius 3 is 0.797 bits per heavy atom. The molecule has 4 unspecified atom stereocenters. The third kappa shape index (κ3) is 8.28. The monoisotopic (exact) mass is 1060 g/mol. The molecular formula is C48H44O12Si9. The first-order chi connectivity index (χ1) is 33.9. The second-order valence-electron chi connectivity index (χ2n) is 16.6. The maximum atomic E-state index is 8.17. The highest BCUT2D eigenvalue weighted by molar-refractivity contribution is 7.11. The van der Waals surface area contributed by atoms with Crippen LogP contribution in [0.15, 0.2) is 243 Å². The Morgan fingerprint density at radius 2 is 0.493 bits per heavy atom. The molecule has 8 aromatic rings. The maximum absolute atomic E-state index is 8.17. The Kier molecular flexibility index (Phi) is 12.1. The van der Waals surface area contributed by atoms with Crippen molar-refractivity contribution in [3.8, 4) is 0 Å². The highest BCUT2D eigenvalue weighted by Crippen LogP contribution is 2.43. The third-order valence-corrected chi connectivity index (χ3v) is 45.6. The molecule has 12 rings (SSSR count). The number of fused-ring (bicyclic) bond motifs is 4. The molecule has 0 spiro atoms. The van der Waals surface area contributed by atoms with E-state index in [9.17, 15) is 0 Å². The predicted octanol–water partition coefficient (Wildman–Crippen LogP) is 1.57. The van der Waals surface area contributed by atoms with Crippen molar-refractivity contribution in [2.24, 2.45) is 0 Å². The van der Waals surface area contributed by atoms with E-state index in [2.05, 4.69) is 12.1 Å². The van der Waals surface area contributed by atoms with Crippen LogP contribution in [-0.2, 0) is 49.4 Å². The number of rotatable bonds is 10. The van der Waals surface area contributed by atoms with E-state index in [1.165, 1.54) is 0 Å². The summed E-state index contributed by atoms with van der Waals surface area (Å²) in [6.45, 7) is 0. The predicted molar refractivity (Wildman–Crippen MR) is 279 cm³/mol. The molecule has 4 atom stereocenters. The van der Waals surface area contributed by atoms with E-state index in [1.54, 1.807) is 0 Å². The molecule has 0 amide bonds. The molecule has 12 nitrogen and oxygen atoms in total. The molecule has 0 aliphatic carbocycles. The van der Waals surface area contributed by atoms with Gasteiger partial charge in [-0.25, -0.2) is 0 Å². The average molecular weight is 1070 g/mol. The van der Waals surface area contributed by atoms with Crippen molar-refractivity contribution in [1.29, 1.82) is 0 Å². The zero-order valence-electron chi connectivity index (χ0n) is 36.9. The van der Waals surface area contributed by atoms with Gasteiger partial charge in [-0.3, -0.25) is 0 Å². The van der Waals surface area contributed by atoms with Crippen molar-refractivity contribution >= 4 is 123 Å².